The Morgan fingerprint density at radius 2 is 1.96 bits per heavy atom. The standard InChI is InChI=1S/C17H9BrClIN2O4S/c18-10-5-9(14(23)12(20)7-10)6-13(16(24)25)27-17-22-21-15(26-17)8-1-3-11(19)4-2-8/h1-7,23H,(H,24,25)/b13-6-. The van der Waals surface area contributed by atoms with E-state index in [-0.39, 0.29) is 21.8 Å². The number of phenols is 1. The molecule has 0 saturated heterocycles. The Bertz CT molecular complexity index is 1040. The van der Waals surface area contributed by atoms with Gasteiger partial charge in [-0.15, -0.1) is 10.2 Å². The van der Waals surface area contributed by atoms with Gasteiger partial charge in [-0.1, -0.05) is 27.5 Å². The van der Waals surface area contributed by atoms with E-state index < -0.39 is 5.97 Å². The number of hydrogen-bond acceptors (Lipinski definition) is 6. The van der Waals surface area contributed by atoms with Gasteiger partial charge in [0.2, 0.25) is 5.89 Å². The van der Waals surface area contributed by atoms with Gasteiger partial charge in [0.05, 0.1) is 3.57 Å². The lowest BCUT2D eigenvalue weighted by atomic mass is 10.2. The third kappa shape index (κ3) is 5.03. The van der Waals surface area contributed by atoms with Crippen molar-refractivity contribution < 1.29 is 19.4 Å². The van der Waals surface area contributed by atoms with E-state index in [0.29, 0.717) is 24.2 Å². The largest absolute Gasteiger partial charge is 0.506 e. The van der Waals surface area contributed by atoms with Crippen molar-refractivity contribution in [3.8, 4) is 17.2 Å². The van der Waals surface area contributed by atoms with Gasteiger partial charge in [-0.2, -0.15) is 0 Å². The predicted octanol–water partition coefficient (Wildman–Crippen LogP) is 5.68. The normalized spacial score (nSPS) is 11.6. The molecule has 0 fully saturated rings. The van der Waals surface area contributed by atoms with Crippen molar-refractivity contribution in [3.63, 3.8) is 0 Å². The van der Waals surface area contributed by atoms with Crippen LogP contribution in [-0.2, 0) is 4.79 Å². The molecule has 6 nitrogen and oxygen atoms in total. The van der Waals surface area contributed by atoms with Gasteiger partial charge in [0.25, 0.3) is 5.22 Å². The highest BCUT2D eigenvalue weighted by Gasteiger charge is 2.17. The molecule has 1 heterocycles. The van der Waals surface area contributed by atoms with Gasteiger partial charge in [-0.3, -0.25) is 0 Å². The van der Waals surface area contributed by atoms with Crippen molar-refractivity contribution in [1.82, 2.24) is 10.2 Å². The first-order valence-electron chi connectivity index (χ1n) is 7.24. The van der Waals surface area contributed by atoms with Crippen LogP contribution in [0.15, 0.2) is 55.4 Å². The fraction of sp³-hybridized carbons (Fsp3) is 0. The second-order valence-corrected chi connectivity index (χ2v) is 8.63. The van der Waals surface area contributed by atoms with E-state index in [0.717, 1.165) is 11.8 Å². The second-order valence-electron chi connectivity index (χ2n) is 5.12. The van der Waals surface area contributed by atoms with Crippen molar-refractivity contribution in [3.05, 3.63) is 59.9 Å². The van der Waals surface area contributed by atoms with Gasteiger partial charge in [-0.05, 0) is 76.8 Å². The molecule has 3 rings (SSSR count). The topological polar surface area (TPSA) is 96.5 Å². The highest BCUT2D eigenvalue weighted by molar-refractivity contribution is 14.1. The van der Waals surface area contributed by atoms with Crippen molar-refractivity contribution in [2.45, 2.75) is 5.22 Å². The van der Waals surface area contributed by atoms with E-state index in [2.05, 4.69) is 26.1 Å². The fourth-order valence-corrected chi connectivity index (χ4v) is 4.37. The zero-order chi connectivity index (χ0) is 19.6. The number of aliphatic carboxylic acids is 1. The van der Waals surface area contributed by atoms with Crippen LogP contribution in [0.1, 0.15) is 5.56 Å². The summed E-state index contributed by atoms with van der Waals surface area (Å²) in [6.07, 6.45) is 1.35. The molecular weight excluding hydrogens is 571 g/mol. The molecule has 0 unspecified atom stereocenters. The van der Waals surface area contributed by atoms with Crippen LogP contribution in [0.5, 0.6) is 5.75 Å². The molecule has 3 aromatic rings. The van der Waals surface area contributed by atoms with Crippen molar-refractivity contribution in [1.29, 1.82) is 0 Å². The van der Waals surface area contributed by atoms with Crippen LogP contribution in [0, 0.1) is 3.57 Å². The first kappa shape index (κ1) is 20.2. The molecule has 0 aliphatic carbocycles. The Kier molecular flexibility index (Phi) is 6.45. The summed E-state index contributed by atoms with van der Waals surface area (Å²) in [7, 11) is 0. The molecule has 0 radical (unpaired) electrons. The highest BCUT2D eigenvalue weighted by atomic mass is 127. The molecule has 0 spiro atoms. The van der Waals surface area contributed by atoms with Gasteiger partial charge in [0.15, 0.2) is 0 Å². The van der Waals surface area contributed by atoms with E-state index >= 15 is 0 Å². The number of phenolic OH excluding ortho intramolecular Hbond substituents is 1. The summed E-state index contributed by atoms with van der Waals surface area (Å²) in [5, 5.41) is 28.1. The molecule has 2 N–H and O–H groups in total. The number of carbonyl (C=O) groups is 1. The molecule has 10 heteroatoms. The Morgan fingerprint density at radius 1 is 1.26 bits per heavy atom. The van der Waals surface area contributed by atoms with E-state index in [9.17, 15) is 15.0 Å². The molecule has 0 aliphatic heterocycles. The van der Waals surface area contributed by atoms with Crippen LogP contribution in [0.2, 0.25) is 5.02 Å². The molecule has 138 valence electrons. The number of aromatic nitrogens is 2. The lowest BCUT2D eigenvalue weighted by Gasteiger charge is -2.05. The van der Waals surface area contributed by atoms with E-state index in [1.54, 1.807) is 36.4 Å². The fourth-order valence-electron chi connectivity index (χ4n) is 2.03. The van der Waals surface area contributed by atoms with Crippen molar-refractivity contribution in [2.75, 3.05) is 0 Å². The molecule has 0 saturated carbocycles. The minimum atomic E-state index is -1.18. The monoisotopic (exact) mass is 578 g/mol. The summed E-state index contributed by atoms with van der Waals surface area (Å²) < 4.78 is 6.83. The second kappa shape index (κ2) is 8.63. The van der Waals surface area contributed by atoms with Gasteiger partial charge in [0.1, 0.15) is 10.7 Å². The van der Waals surface area contributed by atoms with Crippen LogP contribution in [0.4, 0.5) is 0 Å². The number of carboxylic acid groups (broad SMARTS) is 1. The van der Waals surface area contributed by atoms with Gasteiger partial charge in [0, 0.05) is 20.6 Å². The third-order valence-electron chi connectivity index (χ3n) is 3.25. The number of thioether (sulfide) groups is 1. The number of nitrogens with zero attached hydrogens (tertiary/aromatic N) is 2. The van der Waals surface area contributed by atoms with Crippen LogP contribution in [-0.4, -0.2) is 26.4 Å². The number of rotatable bonds is 5. The minimum Gasteiger partial charge on any atom is -0.506 e. The smallest absolute Gasteiger partial charge is 0.342 e. The first-order chi connectivity index (χ1) is 12.8. The Balaban J connectivity index is 1.90. The van der Waals surface area contributed by atoms with Gasteiger partial charge < -0.3 is 14.6 Å². The summed E-state index contributed by atoms with van der Waals surface area (Å²) in [5.74, 6) is -0.940. The number of benzene rings is 2. The average molecular weight is 580 g/mol. The van der Waals surface area contributed by atoms with Crippen LogP contribution in [0.25, 0.3) is 17.5 Å². The predicted molar refractivity (Wildman–Crippen MR) is 115 cm³/mol. The van der Waals surface area contributed by atoms with Crippen LogP contribution in [0.3, 0.4) is 0 Å². The first-order valence-corrected chi connectivity index (χ1v) is 10.3. The molecule has 27 heavy (non-hydrogen) atoms. The van der Waals surface area contributed by atoms with E-state index in [4.69, 9.17) is 16.0 Å². The zero-order valence-electron chi connectivity index (χ0n) is 13.2. The highest BCUT2D eigenvalue weighted by Crippen LogP contribution is 2.34. The number of hydrogen-bond donors (Lipinski definition) is 2. The maximum Gasteiger partial charge on any atom is 0.342 e. The number of halogens is 3. The average Bonchev–Trinajstić information content (AvgIpc) is 3.07. The Hall–Kier alpha value is -1.56. The molecule has 0 atom stereocenters. The minimum absolute atomic E-state index is 0.00877. The summed E-state index contributed by atoms with van der Waals surface area (Å²) in [6.45, 7) is 0. The summed E-state index contributed by atoms with van der Waals surface area (Å²) in [4.78, 5) is 11.5. The Labute approximate surface area is 184 Å². The maximum absolute atomic E-state index is 11.6. The Morgan fingerprint density at radius 3 is 2.63 bits per heavy atom. The lowest BCUT2D eigenvalue weighted by molar-refractivity contribution is -0.131. The zero-order valence-corrected chi connectivity index (χ0v) is 18.5. The summed E-state index contributed by atoms with van der Waals surface area (Å²) in [6, 6.07) is 10.2. The van der Waals surface area contributed by atoms with Gasteiger partial charge in [-0.25, -0.2) is 4.79 Å². The molecule has 0 aliphatic rings. The van der Waals surface area contributed by atoms with Crippen molar-refractivity contribution in [2.24, 2.45) is 0 Å². The molecule has 0 bridgehead atoms. The van der Waals surface area contributed by atoms with Crippen LogP contribution >= 0.6 is 61.9 Å². The number of carboxylic acids is 1. The van der Waals surface area contributed by atoms with E-state index in [1.807, 2.05) is 22.6 Å². The SMILES string of the molecule is O=C(O)/C(=C/c1cc(Br)cc(I)c1O)Sc1nnc(-c2ccc(Cl)cc2)o1. The number of aromatic hydroxyl groups is 1. The molecular formula is C17H9BrClIN2O4S. The molecule has 0 amide bonds. The van der Waals surface area contributed by atoms with Gasteiger partial charge >= 0.3 is 5.97 Å². The van der Waals surface area contributed by atoms with Crippen molar-refractivity contribution >= 4 is 73.9 Å². The molecule has 1 aromatic heterocycles. The van der Waals surface area contributed by atoms with E-state index in [1.165, 1.54) is 6.08 Å². The van der Waals surface area contributed by atoms with Crippen LogP contribution < -0.4 is 0 Å². The quantitative estimate of drug-likeness (QED) is 0.228. The summed E-state index contributed by atoms with van der Waals surface area (Å²) in [5.41, 5.74) is 1.02. The maximum atomic E-state index is 11.6. The third-order valence-corrected chi connectivity index (χ3v) is 5.63. The lowest BCUT2D eigenvalue weighted by Crippen LogP contribution is -1.97. The molecule has 2 aromatic carbocycles. The summed E-state index contributed by atoms with van der Waals surface area (Å²) >= 11 is 11.9.